The fourth-order valence-corrected chi connectivity index (χ4v) is 4.07. The van der Waals surface area contributed by atoms with Crippen LogP contribution in [0.5, 0.6) is 0 Å². The van der Waals surface area contributed by atoms with E-state index in [0.29, 0.717) is 37.5 Å². The largest absolute Gasteiger partial charge is 0.416 e. The van der Waals surface area contributed by atoms with E-state index in [-0.39, 0.29) is 18.0 Å². The molecule has 3 rings (SSSR count). The number of nitrogens with zero attached hydrogens (tertiary/aromatic N) is 3. The van der Waals surface area contributed by atoms with Gasteiger partial charge in [0.25, 0.3) is 5.91 Å². The van der Waals surface area contributed by atoms with Crippen LogP contribution in [-0.4, -0.2) is 42.6 Å². The summed E-state index contributed by atoms with van der Waals surface area (Å²) in [7, 11) is 3.77. The van der Waals surface area contributed by atoms with E-state index in [0.717, 1.165) is 24.2 Å². The van der Waals surface area contributed by atoms with Crippen LogP contribution in [0.3, 0.4) is 0 Å². The number of benzene rings is 1. The maximum atomic E-state index is 13.1. The normalized spacial score (nSPS) is 18.8. The third kappa shape index (κ3) is 6.98. The standard InChI is InChI=1S/C23H27F6N5O/c1-13-11-30-21(33-19(13)34(2)3)31-12-14-4-6-18(7-5-14)32-20(35)15-8-16(22(24,25)26)10-17(9-15)23(27,28)29/h8-11,14,18H,4-7,12H2,1-3H3,(H,32,35)(H,30,31,33)/t14-,18+. The summed E-state index contributed by atoms with van der Waals surface area (Å²) >= 11 is 0. The van der Waals surface area contributed by atoms with Crippen LogP contribution in [0.1, 0.15) is 52.7 Å². The van der Waals surface area contributed by atoms with E-state index in [1.54, 1.807) is 6.20 Å². The van der Waals surface area contributed by atoms with E-state index < -0.39 is 35.0 Å². The van der Waals surface area contributed by atoms with Gasteiger partial charge >= 0.3 is 12.4 Å². The molecule has 1 aliphatic rings. The number of carbonyl (C=O) groups excluding carboxylic acids is 1. The molecule has 1 fully saturated rings. The number of carbonyl (C=O) groups is 1. The molecule has 0 radical (unpaired) electrons. The fraction of sp³-hybridized carbons (Fsp3) is 0.522. The number of alkyl halides is 6. The maximum absolute atomic E-state index is 13.1. The van der Waals surface area contributed by atoms with Crippen molar-refractivity contribution in [1.29, 1.82) is 0 Å². The smallest absolute Gasteiger partial charge is 0.362 e. The van der Waals surface area contributed by atoms with Crippen LogP contribution >= 0.6 is 0 Å². The van der Waals surface area contributed by atoms with Crippen molar-refractivity contribution in [2.24, 2.45) is 5.92 Å². The Kier molecular flexibility index (Phi) is 7.80. The van der Waals surface area contributed by atoms with E-state index in [2.05, 4.69) is 20.6 Å². The maximum Gasteiger partial charge on any atom is 0.416 e. The van der Waals surface area contributed by atoms with E-state index in [1.807, 2.05) is 25.9 Å². The third-order valence-electron chi connectivity index (χ3n) is 5.95. The molecule has 0 unspecified atom stereocenters. The van der Waals surface area contributed by atoms with Gasteiger partial charge in [-0.05, 0) is 56.7 Å². The van der Waals surface area contributed by atoms with Crippen LogP contribution in [0.2, 0.25) is 0 Å². The number of anilines is 2. The van der Waals surface area contributed by atoms with Gasteiger partial charge in [0.1, 0.15) is 5.82 Å². The average molecular weight is 503 g/mol. The van der Waals surface area contributed by atoms with Gasteiger partial charge in [0, 0.05) is 44.0 Å². The van der Waals surface area contributed by atoms with Gasteiger partial charge in [0.2, 0.25) is 5.95 Å². The van der Waals surface area contributed by atoms with Crippen molar-refractivity contribution in [2.45, 2.75) is 51.0 Å². The molecule has 0 atom stereocenters. The molecule has 1 aromatic carbocycles. The minimum Gasteiger partial charge on any atom is -0.362 e. The molecule has 2 N–H and O–H groups in total. The Balaban J connectivity index is 1.57. The number of hydrogen-bond acceptors (Lipinski definition) is 5. The Morgan fingerprint density at radius 3 is 2.09 bits per heavy atom. The molecule has 12 heteroatoms. The molecule has 2 aromatic rings. The van der Waals surface area contributed by atoms with Crippen molar-refractivity contribution in [2.75, 3.05) is 30.9 Å². The Hall–Kier alpha value is -3.05. The molecular weight excluding hydrogens is 476 g/mol. The number of hydrogen-bond donors (Lipinski definition) is 2. The quantitative estimate of drug-likeness (QED) is 0.525. The molecule has 1 heterocycles. The Labute approximate surface area is 199 Å². The number of rotatable bonds is 6. The zero-order chi connectivity index (χ0) is 26.0. The first kappa shape index (κ1) is 26.6. The Morgan fingerprint density at radius 2 is 1.57 bits per heavy atom. The van der Waals surface area contributed by atoms with Crippen molar-refractivity contribution in [1.82, 2.24) is 15.3 Å². The lowest BCUT2D eigenvalue weighted by molar-refractivity contribution is -0.143. The van der Waals surface area contributed by atoms with Gasteiger partial charge in [0.15, 0.2) is 0 Å². The van der Waals surface area contributed by atoms with Gasteiger partial charge in [-0.1, -0.05) is 0 Å². The number of amides is 1. The predicted octanol–water partition coefficient (Wildman–Crippen LogP) is 5.29. The molecule has 192 valence electrons. The van der Waals surface area contributed by atoms with Gasteiger partial charge in [-0.25, -0.2) is 4.98 Å². The van der Waals surface area contributed by atoms with Crippen LogP contribution in [0, 0.1) is 12.8 Å². The molecule has 1 aliphatic carbocycles. The van der Waals surface area contributed by atoms with E-state index >= 15 is 0 Å². The summed E-state index contributed by atoms with van der Waals surface area (Å²) in [6, 6.07) is 0.570. The highest BCUT2D eigenvalue weighted by atomic mass is 19.4. The van der Waals surface area contributed by atoms with Gasteiger partial charge in [-0.2, -0.15) is 31.3 Å². The summed E-state index contributed by atoms with van der Waals surface area (Å²) < 4.78 is 78.4. The van der Waals surface area contributed by atoms with Crippen LogP contribution in [0.15, 0.2) is 24.4 Å². The summed E-state index contributed by atoms with van der Waals surface area (Å²) in [5.41, 5.74) is -2.74. The van der Waals surface area contributed by atoms with Gasteiger partial charge in [-0.15, -0.1) is 0 Å². The first-order valence-corrected chi connectivity index (χ1v) is 11.1. The second-order valence-electron chi connectivity index (χ2n) is 8.96. The van der Waals surface area contributed by atoms with Gasteiger partial charge < -0.3 is 15.5 Å². The lowest BCUT2D eigenvalue weighted by atomic mass is 9.86. The van der Waals surface area contributed by atoms with E-state index in [1.165, 1.54) is 0 Å². The number of nitrogens with one attached hydrogen (secondary N) is 2. The molecule has 0 spiro atoms. The van der Waals surface area contributed by atoms with E-state index in [4.69, 9.17) is 0 Å². The lowest BCUT2D eigenvalue weighted by Crippen LogP contribution is -2.38. The van der Waals surface area contributed by atoms with Crippen LogP contribution in [0.25, 0.3) is 0 Å². The highest BCUT2D eigenvalue weighted by molar-refractivity contribution is 5.94. The molecule has 35 heavy (non-hydrogen) atoms. The second-order valence-corrected chi connectivity index (χ2v) is 8.96. The number of aromatic nitrogens is 2. The topological polar surface area (TPSA) is 70.1 Å². The minimum absolute atomic E-state index is 0.00818. The predicted molar refractivity (Wildman–Crippen MR) is 119 cm³/mol. The molecular formula is C23H27F6N5O. The summed E-state index contributed by atoms with van der Waals surface area (Å²) in [5, 5.41) is 5.80. The fourth-order valence-electron chi connectivity index (χ4n) is 4.07. The first-order valence-electron chi connectivity index (χ1n) is 11.1. The first-order chi connectivity index (χ1) is 16.2. The summed E-state index contributed by atoms with van der Waals surface area (Å²) in [4.78, 5) is 23.1. The molecule has 0 aliphatic heterocycles. The van der Waals surface area contributed by atoms with Crippen LogP contribution in [0.4, 0.5) is 38.1 Å². The van der Waals surface area contributed by atoms with Crippen LogP contribution in [-0.2, 0) is 12.4 Å². The summed E-state index contributed by atoms with van der Waals surface area (Å²) in [6.07, 6.45) is -5.72. The van der Waals surface area contributed by atoms with Crippen molar-refractivity contribution in [3.63, 3.8) is 0 Å². The molecule has 6 nitrogen and oxygen atoms in total. The van der Waals surface area contributed by atoms with Crippen molar-refractivity contribution in [3.8, 4) is 0 Å². The van der Waals surface area contributed by atoms with Crippen LogP contribution < -0.4 is 15.5 Å². The molecule has 1 aromatic heterocycles. The third-order valence-corrected chi connectivity index (χ3v) is 5.95. The summed E-state index contributed by atoms with van der Waals surface area (Å²) in [5.74, 6) is 0.616. The number of aryl methyl sites for hydroxylation is 1. The molecule has 0 saturated heterocycles. The zero-order valence-electron chi connectivity index (χ0n) is 19.5. The Morgan fingerprint density at radius 1 is 1.00 bits per heavy atom. The highest BCUT2D eigenvalue weighted by Gasteiger charge is 2.37. The van der Waals surface area contributed by atoms with Crippen molar-refractivity contribution >= 4 is 17.7 Å². The Bertz CT molecular complexity index is 1010. The van der Waals surface area contributed by atoms with E-state index in [9.17, 15) is 31.1 Å². The second kappa shape index (κ2) is 10.3. The van der Waals surface area contributed by atoms with Crippen molar-refractivity contribution in [3.05, 3.63) is 46.6 Å². The SMILES string of the molecule is Cc1cnc(NC[C@H]2CC[C@@H](NC(=O)c3cc(C(F)(F)F)cc(C(F)(F)F)c3)CC2)nc1N(C)C. The lowest BCUT2D eigenvalue weighted by Gasteiger charge is -2.29. The zero-order valence-corrected chi connectivity index (χ0v) is 19.5. The van der Waals surface area contributed by atoms with Crippen molar-refractivity contribution < 1.29 is 31.1 Å². The number of halogens is 6. The molecule has 1 amide bonds. The van der Waals surface area contributed by atoms with Gasteiger partial charge in [-0.3, -0.25) is 4.79 Å². The van der Waals surface area contributed by atoms with Gasteiger partial charge in [0.05, 0.1) is 11.1 Å². The summed E-state index contributed by atoms with van der Waals surface area (Å²) in [6.45, 7) is 2.52. The minimum atomic E-state index is -5.00. The monoisotopic (exact) mass is 503 g/mol. The molecule has 0 bridgehead atoms. The highest BCUT2D eigenvalue weighted by Crippen LogP contribution is 2.36. The average Bonchev–Trinajstić information content (AvgIpc) is 2.77. The molecule has 1 saturated carbocycles.